The van der Waals surface area contributed by atoms with Gasteiger partial charge in [-0.1, -0.05) is 16.8 Å². The molecule has 27 heavy (non-hydrogen) atoms. The lowest BCUT2D eigenvalue weighted by Gasteiger charge is -2.07. The van der Waals surface area contributed by atoms with Crippen molar-refractivity contribution in [1.82, 2.24) is 15.1 Å². The van der Waals surface area contributed by atoms with Crippen molar-refractivity contribution in [1.29, 1.82) is 0 Å². The van der Waals surface area contributed by atoms with E-state index in [0.29, 0.717) is 24.1 Å². The van der Waals surface area contributed by atoms with Gasteiger partial charge in [-0.3, -0.25) is 4.79 Å². The van der Waals surface area contributed by atoms with E-state index in [1.807, 2.05) is 0 Å². The smallest absolute Gasteiger partial charge is 0.256 e. The number of ether oxygens (including phenoxy) is 2. The van der Waals surface area contributed by atoms with Gasteiger partial charge in [0.05, 0.1) is 5.56 Å². The summed E-state index contributed by atoms with van der Waals surface area (Å²) in [5, 5.41) is 4.19. The fourth-order valence-corrected chi connectivity index (χ4v) is 2.88. The molecule has 1 aromatic carbocycles. The van der Waals surface area contributed by atoms with Gasteiger partial charge in [0, 0.05) is 18.4 Å². The third-order valence-electron chi connectivity index (χ3n) is 4.07. The number of rotatable bonds is 5. The first-order chi connectivity index (χ1) is 13.1. The number of primary amides is 1. The van der Waals surface area contributed by atoms with Crippen LogP contribution in [0.15, 0.2) is 41.1 Å². The molecule has 3 heterocycles. The summed E-state index contributed by atoms with van der Waals surface area (Å²) < 4.78 is 16.5. The average molecular weight is 387 g/mol. The first-order valence-corrected chi connectivity index (χ1v) is 8.67. The molecule has 1 aliphatic heterocycles. The number of hydrogen-bond acceptors (Lipinski definition) is 7. The summed E-state index contributed by atoms with van der Waals surface area (Å²) in [4.78, 5) is 19.5. The molecule has 2 aromatic heterocycles. The van der Waals surface area contributed by atoms with Crippen LogP contribution in [0.2, 0.25) is 5.02 Å². The van der Waals surface area contributed by atoms with Crippen LogP contribution in [0.4, 0.5) is 0 Å². The van der Waals surface area contributed by atoms with Gasteiger partial charge in [-0.05, 0) is 43.2 Å². The minimum absolute atomic E-state index is 0.120. The molecule has 0 radical (unpaired) electrons. The molecule has 3 aromatic rings. The van der Waals surface area contributed by atoms with Gasteiger partial charge >= 0.3 is 0 Å². The maximum Gasteiger partial charge on any atom is 0.256 e. The van der Waals surface area contributed by atoms with E-state index in [0.717, 1.165) is 18.4 Å². The number of nitrogens with zero attached hydrogens (tertiary/aromatic N) is 3. The Morgan fingerprint density at radius 1 is 1.30 bits per heavy atom. The number of amides is 1. The quantitative estimate of drug-likeness (QED) is 0.713. The number of hydrogen-bond donors (Lipinski definition) is 1. The Morgan fingerprint density at radius 3 is 2.78 bits per heavy atom. The van der Waals surface area contributed by atoms with Crippen molar-refractivity contribution >= 4 is 17.5 Å². The fraction of sp³-hybridized carbons (Fsp3) is 0.222. The molecule has 1 atom stereocenters. The van der Waals surface area contributed by atoms with Crippen LogP contribution < -0.4 is 10.5 Å². The Kier molecular flexibility index (Phi) is 4.74. The summed E-state index contributed by atoms with van der Waals surface area (Å²) in [7, 11) is 0. The second-order valence-corrected chi connectivity index (χ2v) is 6.37. The number of carbonyl (C=O) groups is 1. The van der Waals surface area contributed by atoms with E-state index in [9.17, 15) is 4.79 Å². The highest BCUT2D eigenvalue weighted by Gasteiger charge is 2.24. The van der Waals surface area contributed by atoms with Crippen LogP contribution in [0.25, 0.3) is 11.4 Å². The van der Waals surface area contributed by atoms with Crippen molar-refractivity contribution in [3.63, 3.8) is 0 Å². The van der Waals surface area contributed by atoms with Gasteiger partial charge in [-0.25, -0.2) is 4.98 Å². The molecule has 2 N–H and O–H groups in total. The minimum atomic E-state index is -0.609. The zero-order chi connectivity index (χ0) is 18.8. The molecule has 1 amide bonds. The van der Waals surface area contributed by atoms with Crippen LogP contribution in [-0.2, 0) is 4.74 Å². The molecule has 0 spiro atoms. The van der Waals surface area contributed by atoms with E-state index in [-0.39, 0.29) is 22.6 Å². The third-order valence-corrected chi connectivity index (χ3v) is 4.34. The topological polar surface area (TPSA) is 113 Å². The minimum Gasteiger partial charge on any atom is -0.438 e. The van der Waals surface area contributed by atoms with Gasteiger partial charge in [-0.15, -0.1) is 0 Å². The van der Waals surface area contributed by atoms with Crippen LogP contribution in [-0.4, -0.2) is 27.6 Å². The number of carbonyl (C=O) groups excluding carboxylic acids is 1. The lowest BCUT2D eigenvalue weighted by atomic mass is 10.2. The van der Waals surface area contributed by atoms with Crippen molar-refractivity contribution < 1.29 is 18.8 Å². The average Bonchev–Trinajstić information content (AvgIpc) is 3.35. The first-order valence-electron chi connectivity index (χ1n) is 8.29. The Hall–Kier alpha value is -2.97. The van der Waals surface area contributed by atoms with Crippen molar-refractivity contribution in [2.24, 2.45) is 5.73 Å². The molecule has 1 unspecified atom stereocenters. The lowest BCUT2D eigenvalue weighted by Crippen LogP contribution is -2.11. The zero-order valence-electron chi connectivity index (χ0n) is 14.1. The van der Waals surface area contributed by atoms with Crippen LogP contribution in [0.5, 0.6) is 11.6 Å². The van der Waals surface area contributed by atoms with E-state index >= 15 is 0 Å². The predicted molar refractivity (Wildman–Crippen MR) is 95.5 cm³/mol. The van der Waals surface area contributed by atoms with Crippen LogP contribution in [0, 0.1) is 0 Å². The van der Waals surface area contributed by atoms with Crippen molar-refractivity contribution in [3.8, 4) is 23.0 Å². The molecule has 0 bridgehead atoms. The summed E-state index contributed by atoms with van der Waals surface area (Å²) in [6.45, 7) is 0.714. The molecular formula is C18H15ClN4O4. The largest absolute Gasteiger partial charge is 0.438 e. The highest BCUT2D eigenvalue weighted by molar-refractivity contribution is 6.32. The molecule has 0 saturated carbocycles. The summed E-state index contributed by atoms with van der Waals surface area (Å²) in [5.41, 5.74) is 6.18. The highest BCUT2D eigenvalue weighted by atomic mass is 35.5. The number of aromatic nitrogens is 3. The number of halogens is 1. The summed E-state index contributed by atoms with van der Waals surface area (Å²) in [5.74, 6) is 1.06. The van der Waals surface area contributed by atoms with Gasteiger partial charge in [0.25, 0.3) is 5.89 Å². The van der Waals surface area contributed by atoms with Crippen molar-refractivity contribution in [2.45, 2.75) is 18.9 Å². The first kappa shape index (κ1) is 17.4. The van der Waals surface area contributed by atoms with Gasteiger partial charge in [0.2, 0.25) is 17.6 Å². The fourth-order valence-electron chi connectivity index (χ4n) is 2.67. The maximum absolute atomic E-state index is 11.1. The molecule has 1 fully saturated rings. The van der Waals surface area contributed by atoms with Gasteiger partial charge in [-0.2, -0.15) is 4.98 Å². The number of pyridine rings is 1. The van der Waals surface area contributed by atoms with Gasteiger partial charge in [0.1, 0.15) is 16.9 Å². The maximum atomic E-state index is 11.1. The Labute approximate surface area is 159 Å². The number of benzene rings is 1. The third kappa shape index (κ3) is 3.76. The lowest BCUT2D eigenvalue weighted by molar-refractivity contribution is 0.0835. The molecule has 138 valence electrons. The Morgan fingerprint density at radius 2 is 2.11 bits per heavy atom. The molecule has 4 rings (SSSR count). The molecular weight excluding hydrogens is 372 g/mol. The monoisotopic (exact) mass is 386 g/mol. The van der Waals surface area contributed by atoms with E-state index < -0.39 is 5.91 Å². The van der Waals surface area contributed by atoms with E-state index in [4.69, 9.17) is 31.3 Å². The van der Waals surface area contributed by atoms with E-state index in [1.54, 1.807) is 24.3 Å². The zero-order valence-corrected chi connectivity index (χ0v) is 14.8. The molecule has 0 aliphatic carbocycles. The van der Waals surface area contributed by atoms with E-state index in [2.05, 4.69) is 15.1 Å². The molecule has 1 saturated heterocycles. The SMILES string of the molecule is NC(=O)c1cnc(Oc2ccc(-c3noc(C4CCCO4)n3)cc2)c(Cl)c1. The standard InChI is InChI=1S/C18H15ClN4O4/c19-13-8-11(15(20)24)9-21-17(13)26-12-5-3-10(4-6-12)16-22-18(27-23-16)14-2-1-7-25-14/h3-6,8-9,14H,1-2,7H2,(H2,20,24). The Bertz CT molecular complexity index is 968. The highest BCUT2D eigenvalue weighted by Crippen LogP contribution is 2.31. The molecule has 8 nitrogen and oxygen atoms in total. The summed E-state index contributed by atoms with van der Waals surface area (Å²) in [6.07, 6.45) is 3.07. The normalized spacial score (nSPS) is 16.4. The molecule has 9 heteroatoms. The second-order valence-electron chi connectivity index (χ2n) is 5.96. The summed E-state index contributed by atoms with van der Waals surface area (Å²) in [6, 6.07) is 8.47. The molecule has 1 aliphatic rings. The van der Waals surface area contributed by atoms with Crippen molar-refractivity contribution in [2.75, 3.05) is 6.61 Å². The Balaban J connectivity index is 1.48. The number of nitrogens with two attached hydrogens (primary N) is 1. The van der Waals surface area contributed by atoms with Crippen molar-refractivity contribution in [3.05, 3.63) is 53.0 Å². The van der Waals surface area contributed by atoms with E-state index in [1.165, 1.54) is 12.3 Å². The summed E-state index contributed by atoms with van der Waals surface area (Å²) >= 11 is 6.08. The van der Waals surface area contributed by atoms with Crippen LogP contribution >= 0.6 is 11.6 Å². The van der Waals surface area contributed by atoms with Crippen LogP contribution in [0.1, 0.15) is 35.2 Å². The van der Waals surface area contributed by atoms with Gasteiger partial charge < -0.3 is 19.7 Å². The predicted octanol–water partition coefficient (Wildman–Crippen LogP) is 3.53. The van der Waals surface area contributed by atoms with Crippen LogP contribution in [0.3, 0.4) is 0 Å². The van der Waals surface area contributed by atoms with Gasteiger partial charge in [0.15, 0.2) is 0 Å². The second kappa shape index (κ2) is 7.34.